The van der Waals surface area contributed by atoms with Gasteiger partial charge in [0, 0.05) is 0 Å². The summed E-state index contributed by atoms with van der Waals surface area (Å²) < 4.78 is 18.4. The normalized spacial score (nSPS) is 9.93. The van der Waals surface area contributed by atoms with E-state index in [0.717, 1.165) is 0 Å². The molecule has 0 N–H and O–H groups in total. The van der Waals surface area contributed by atoms with Gasteiger partial charge in [0.25, 0.3) is 0 Å². The van der Waals surface area contributed by atoms with Crippen LogP contribution in [0.5, 0.6) is 17.2 Å². The van der Waals surface area contributed by atoms with Crippen molar-refractivity contribution in [2.45, 2.75) is 0 Å². The second-order valence-electron chi connectivity index (χ2n) is 2.98. The third-order valence-electron chi connectivity index (χ3n) is 1.89. The molecule has 0 heterocycles. The molecule has 2 rings (SSSR count). The minimum Gasteiger partial charge on any atom is -0.450 e. The van der Waals surface area contributed by atoms with Gasteiger partial charge in [-0.1, -0.05) is 24.3 Å². The molecule has 0 saturated carbocycles. The summed E-state index contributed by atoms with van der Waals surface area (Å²) in [5.41, 5.74) is 0. The fourth-order valence-corrected chi connectivity index (χ4v) is 1.19. The highest BCUT2D eigenvalue weighted by Crippen LogP contribution is 2.33. The first-order chi connectivity index (χ1) is 7.27. The summed E-state index contributed by atoms with van der Waals surface area (Å²) in [6.07, 6.45) is 0. The fourth-order valence-electron chi connectivity index (χ4n) is 1.19. The Bertz CT molecular complexity index is 434. The lowest BCUT2D eigenvalue weighted by Gasteiger charge is -2.06. The maximum Gasteiger partial charge on any atom is 0.224 e. The average molecular weight is 203 g/mol. The zero-order valence-electron chi connectivity index (χ0n) is 7.81. The summed E-state index contributed by atoms with van der Waals surface area (Å²) in [7, 11) is 0. The molecule has 3 heteroatoms. The van der Waals surface area contributed by atoms with Crippen LogP contribution in [0.2, 0.25) is 0 Å². The van der Waals surface area contributed by atoms with Crippen LogP contribution in [0.25, 0.3) is 0 Å². The lowest BCUT2D eigenvalue weighted by atomic mass is 10.3. The van der Waals surface area contributed by atoms with E-state index < -0.39 is 11.6 Å². The molecule has 0 saturated heterocycles. The fraction of sp³-hybridized carbons (Fsp3) is 0. The summed E-state index contributed by atoms with van der Waals surface area (Å²) >= 11 is 0. The van der Waals surface area contributed by atoms with Crippen molar-refractivity contribution in [1.82, 2.24) is 0 Å². The Morgan fingerprint density at radius 2 is 1.67 bits per heavy atom. The smallest absolute Gasteiger partial charge is 0.224 e. The van der Waals surface area contributed by atoms with Crippen molar-refractivity contribution in [3.05, 3.63) is 54.3 Å². The Labute approximate surface area is 86.6 Å². The van der Waals surface area contributed by atoms with Gasteiger partial charge < -0.3 is 4.74 Å². The zero-order chi connectivity index (χ0) is 10.7. The topological polar surface area (TPSA) is 29.1 Å². The van der Waals surface area contributed by atoms with E-state index in [0.29, 0.717) is 5.75 Å². The molecular formula is C12H8FO2. The van der Waals surface area contributed by atoms with Gasteiger partial charge in [0.05, 0.1) is 0 Å². The molecule has 2 aromatic rings. The molecule has 15 heavy (non-hydrogen) atoms. The van der Waals surface area contributed by atoms with Gasteiger partial charge in [-0.15, -0.1) is 0 Å². The Kier molecular flexibility index (Phi) is 2.54. The third-order valence-corrected chi connectivity index (χ3v) is 1.89. The number of hydrogen-bond donors (Lipinski definition) is 0. The van der Waals surface area contributed by atoms with Gasteiger partial charge in [-0.05, 0) is 24.3 Å². The van der Waals surface area contributed by atoms with Crippen LogP contribution in [0.3, 0.4) is 0 Å². The minimum atomic E-state index is -0.647. The first-order valence-corrected chi connectivity index (χ1v) is 4.46. The molecule has 0 spiro atoms. The monoisotopic (exact) mass is 203 g/mol. The first-order valence-electron chi connectivity index (χ1n) is 4.46. The van der Waals surface area contributed by atoms with E-state index in [1.54, 1.807) is 24.3 Å². The molecule has 0 atom stereocenters. The summed E-state index contributed by atoms with van der Waals surface area (Å²) in [5.74, 6) is -0.923. The van der Waals surface area contributed by atoms with Crippen molar-refractivity contribution in [3.8, 4) is 17.2 Å². The molecule has 75 valence electrons. The van der Waals surface area contributed by atoms with Crippen LogP contribution in [0.1, 0.15) is 0 Å². The number of rotatable bonds is 2. The zero-order valence-corrected chi connectivity index (χ0v) is 7.81. The van der Waals surface area contributed by atoms with Crippen LogP contribution >= 0.6 is 0 Å². The molecule has 0 bridgehead atoms. The van der Waals surface area contributed by atoms with Crippen LogP contribution in [0, 0.1) is 5.82 Å². The van der Waals surface area contributed by atoms with Gasteiger partial charge in [-0.2, -0.15) is 0 Å². The predicted molar refractivity (Wildman–Crippen MR) is 53.0 cm³/mol. The lowest BCUT2D eigenvalue weighted by Crippen LogP contribution is -1.87. The van der Waals surface area contributed by atoms with E-state index in [2.05, 4.69) is 0 Å². The molecule has 2 aromatic carbocycles. The maximum atomic E-state index is 13.2. The molecule has 0 aromatic heterocycles. The molecule has 0 unspecified atom stereocenters. The summed E-state index contributed by atoms with van der Waals surface area (Å²) in [5, 5.41) is 11.3. The molecule has 1 radical (unpaired) electrons. The maximum absolute atomic E-state index is 13.2. The van der Waals surface area contributed by atoms with E-state index in [9.17, 15) is 9.50 Å². The van der Waals surface area contributed by atoms with Crippen molar-refractivity contribution >= 4 is 0 Å². The average Bonchev–Trinajstić information content (AvgIpc) is 2.25. The second kappa shape index (κ2) is 4.00. The van der Waals surface area contributed by atoms with Crippen LogP contribution in [0.15, 0.2) is 48.5 Å². The van der Waals surface area contributed by atoms with Crippen molar-refractivity contribution in [2.75, 3.05) is 0 Å². The molecule has 0 fully saturated rings. The number of para-hydroxylation sites is 2. The van der Waals surface area contributed by atoms with Gasteiger partial charge in [0.2, 0.25) is 11.5 Å². The minimum absolute atomic E-state index is 0.260. The van der Waals surface area contributed by atoms with E-state index in [1.807, 2.05) is 6.07 Å². The molecular weight excluding hydrogens is 195 g/mol. The van der Waals surface area contributed by atoms with Gasteiger partial charge >= 0.3 is 0 Å². The van der Waals surface area contributed by atoms with Gasteiger partial charge in [0.15, 0.2) is 5.82 Å². The largest absolute Gasteiger partial charge is 0.450 e. The SMILES string of the molecule is [O]c1cccc(F)c1Oc1ccccc1. The van der Waals surface area contributed by atoms with Gasteiger partial charge in [-0.25, -0.2) is 4.39 Å². The van der Waals surface area contributed by atoms with E-state index >= 15 is 0 Å². The second-order valence-corrected chi connectivity index (χ2v) is 2.98. The Balaban J connectivity index is 2.32. The van der Waals surface area contributed by atoms with Crippen molar-refractivity contribution in [1.29, 1.82) is 0 Å². The Morgan fingerprint density at radius 3 is 2.33 bits per heavy atom. The summed E-state index contributed by atoms with van der Waals surface area (Å²) in [6, 6.07) is 12.4. The number of benzene rings is 2. The predicted octanol–water partition coefficient (Wildman–Crippen LogP) is 3.76. The lowest BCUT2D eigenvalue weighted by molar-refractivity contribution is 0.320. The quantitative estimate of drug-likeness (QED) is 0.730. The standard InChI is InChI=1S/C12H8FO2/c13-10-7-4-8-11(14)12(10)15-9-5-2-1-3-6-9/h1-8H. The van der Waals surface area contributed by atoms with Crippen molar-refractivity contribution < 1.29 is 14.2 Å². The summed E-state index contributed by atoms with van der Waals surface area (Å²) in [4.78, 5) is 0. The Hall–Kier alpha value is -2.03. The summed E-state index contributed by atoms with van der Waals surface area (Å²) in [6.45, 7) is 0. The highest BCUT2D eigenvalue weighted by Gasteiger charge is 2.10. The molecule has 0 aliphatic rings. The number of hydrogen-bond acceptors (Lipinski definition) is 1. The van der Waals surface area contributed by atoms with Crippen molar-refractivity contribution in [3.63, 3.8) is 0 Å². The van der Waals surface area contributed by atoms with Crippen molar-refractivity contribution in [2.24, 2.45) is 0 Å². The van der Waals surface area contributed by atoms with E-state index in [1.165, 1.54) is 18.2 Å². The molecule has 0 aliphatic heterocycles. The Morgan fingerprint density at radius 1 is 0.933 bits per heavy atom. The highest BCUT2D eigenvalue weighted by molar-refractivity contribution is 5.42. The highest BCUT2D eigenvalue weighted by atomic mass is 19.1. The van der Waals surface area contributed by atoms with Crippen LogP contribution in [-0.4, -0.2) is 0 Å². The van der Waals surface area contributed by atoms with Crippen LogP contribution in [-0.2, 0) is 5.11 Å². The first kappa shape index (κ1) is 9.52. The van der Waals surface area contributed by atoms with Gasteiger partial charge in [0.1, 0.15) is 5.75 Å². The van der Waals surface area contributed by atoms with Gasteiger partial charge in [-0.3, -0.25) is 5.11 Å². The molecule has 0 amide bonds. The molecule has 2 nitrogen and oxygen atoms in total. The van der Waals surface area contributed by atoms with E-state index in [-0.39, 0.29) is 5.75 Å². The number of halogens is 1. The van der Waals surface area contributed by atoms with Crippen LogP contribution in [0.4, 0.5) is 4.39 Å². The van der Waals surface area contributed by atoms with Crippen LogP contribution < -0.4 is 4.74 Å². The third kappa shape index (κ3) is 2.07. The number of ether oxygens (including phenoxy) is 1. The molecule has 0 aliphatic carbocycles. The van der Waals surface area contributed by atoms with E-state index in [4.69, 9.17) is 4.74 Å².